The lowest BCUT2D eigenvalue weighted by atomic mass is 10.0. The van der Waals surface area contributed by atoms with Crippen molar-refractivity contribution in [2.24, 2.45) is 17.2 Å². The second kappa shape index (κ2) is 14.4. The van der Waals surface area contributed by atoms with Gasteiger partial charge in [-0.3, -0.25) is 19.2 Å². The van der Waals surface area contributed by atoms with Crippen LogP contribution in [0.15, 0.2) is 24.3 Å². The predicted octanol–water partition coefficient (Wildman–Crippen LogP) is -2.56. The molecule has 13 heteroatoms. The molecule has 34 heavy (non-hydrogen) atoms. The third-order valence-corrected chi connectivity index (χ3v) is 4.77. The first-order valence-electron chi connectivity index (χ1n) is 10.7. The van der Waals surface area contributed by atoms with Crippen LogP contribution in [0.4, 0.5) is 0 Å². The lowest BCUT2D eigenvalue weighted by Gasteiger charge is -2.20. The van der Waals surface area contributed by atoms with E-state index in [1.807, 2.05) is 0 Å². The number of benzene rings is 1. The van der Waals surface area contributed by atoms with E-state index in [9.17, 15) is 34.2 Å². The maximum Gasteiger partial charge on any atom is 0.326 e. The molecule has 3 atom stereocenters. The number of aliphatic carboxylic acids is 1. The van der Waals surface area contributed by atoms with Crippen molar-refractivity contribution in [1.82, 2.24) is 16.0 Å². The molecule has 13 nitrogen and oxygen atoms in total. The lowest BCUT2D eigenvalue weighted by molar-refractivity contribution is -0.142. The number of hydrogen-bond acceptors (Lipinski definition) is 8. The Morgan fingerprint density at radius 1 is 0.941 bits per heavy atom. The summed E-state index contributed by atoms with van der Waals surface area (Å²) in [6, 6.07) is 2.42. The third kappa shape index (κ3) is 10.7. The molecule has 0 radical (unpaired) electrons. The smallest absolute Gasteiger partial charge is 0.326 e. The molecule has 0 aromatic heterocycles. The number of amides is 4. The van der Waals surface area contributed by atoms with Gasteiger partial charge < -0.3 is 43.4 Å². The van der Waals surface area contributed by atoms with E-state index in [1.54, 1.807) is 12.1 Å². The maximum atomic E-state index is 12.5. The Hall–Kier alpha value is -3.71. The van der Waals surface area contributed by atoms with Gasteiger partial charge in [0.2, 0.25) is 23.6 Å². The fraction of sp³-hybridized carbons (Fsp3) is 0.476. The molecule has 1 aromatic rings. The molecular formula is C21H32N6O7. The molecule has 4 amide bonds. The molecular weight excluding hydrogens is 448 g/mol. The number of hydrogen-bond donors (Lipinski definition) is 8. The van der Waals surface area contributed by atoms with Crippen LogP contribution < -0.4 is 33.2 Å². The summed E-state index contributed by atoms with van der Waals surface area (Å²) in [4.78, 5) is 59.6. The van der Waals surface area contributed by atoms with Crippen LogP contribution in [0.5, 0.6) is 5.75 Å². The van der Waals surface area contributed by atoms with Crippen molar-refractivity contribution in [3.05, 3.63) is 29.8 Å². The van der Waals surface area contributed by atoms with E-state index in [0.29, 0.717) is 24.9 Å². The Morgan fingerprint density at radius 2 is 1.59 bits per heavy atom. The van der Waals surface area contributed by atoms with Gasteiger partial charge in [-0.25, -0.2) is 4.79 Å². The van der Waals surface area contributed by atoms with E-state index in [1.165, 1.54) is 12.1 Å². The molecule has 0 saturated carbocycles. The van der Waals surface area contributed by atoms with E-state index in [4.69, 9.17) is 17.2 Å². The van der Waals surface area contributed by atoms with Gasteiger partial charge in [-0.2, -0.15) is 0 Å². The van der Waals surface area contributed by atoms with E-state index in [2.05, 4.69) is 16.0 Å². The third-order valence-electron chi connectivity index (χ3n) is 4.77. The van der Waals surface area contributed by atoms with Crippen LogP contribution in [-0.2, 0) is 30.4 Å². The van der Waals surface area contributed by atoms with Gasteiger partial charge in [0.25, 0.3) is 0 Å². The summed E-state index contributed by atoms with van der Waals surface area (Å²) in [5.74, 6) is -4.41. The average Bonchev–Trinajstić information content (AvgIpc) is 2.77. The van der Waals surface area contributed by atoms with Gasteiger partial charge >= 0.3 is 5.97 Å². The van der Waals surface area contributed by atoms with Gasteiger partial charge in [-0.15, -0.1) is 0 Å². The molecule has 0 bridgehead atoms. The molecule has 0 aliphatic heterocycles. The Balaban J connectivity index is 2.65. The fourth-order valence-corrected chi connectivity index (χ4v) is 2.95. The number of carbonyl (C=O) groups excluding carboxylic acids is 4. The molecule has 1 rings (SSSR count). The fourth-order valence-electron chi connectivity index (χ4n) is 2.95. The molecule has 0 saturated heterocycles. The molecule has 3 unspecified atom stereocenters. The lowest BCUT2D eigenvalue weighted by Crippen LogP contribution is -2.54. The number of phenols is 1. The number of nitrogens with one attached hydrogen (secondary N) is 3. The van der Waals surface area contributed by atoms with E-state index in [-0.39, 0.29) is 18.6 Å². The normalized spacial score (nSPS) is 13.2. The van der Waals surface area contributed by atoms with Crippen molar-refractivity contribution in [1.29, 1.82) is 0 Å². The molecule has 0 heterocycles. The van der Waals surface area contributed by atoms with Crippen molar-refractivity contribution in [3.8, 4) is 5.75 Å². The SMILES string of the molecule is NCCCCC(NC(=O)CNC(=O)C(CC(N)=O)NC(=O)C(N)Cc1ccc(O)cc1)C(=O)O. The Morgan fingerprint density at radius 3 is 2.15 bits per heavy atom. The van der Waals surface area contributed by atoms with Gasteiger partial charge in [0.1, 0.15) is 17.8 Å². The van der Waals surface area contributed by atoms with E-state index < -0.39 is 60.7 Å². The quantitative estimate of drug-likeness (QED) is 0.123. The number of carboxylic acid groups (broad SMARTS) is 1. The largest absolute Gasteiger partial charge is 0.508 e. The molecule has 0 aliphatic carbocycles. The summed E-state index contributed by atoms with van der Waals surface area (Å²) in [5.41, 5.74) is 17.1. The Kier molecular flexibility index (Phi) is 12.0. The maximum absolute atomic E-state index is 12.5. The minimum atomic E-state index is -1.39. The number of rotatable bonds is 15. The summed E-state index contributed by atoms with van der Waals surface area (Å²) in [6.07, 6.45) is 0.824. The van der Waals surface area contributed by atoms with Crippen LogP contribution in [0.2, 0.25) is 0 Å². The Bertz CT molecular complexity index is 862. The highest BCUT2D eigenvalue weighted by Gasteiger charge is 2.26. The van der Waals surface area contributed by atoms with Gasteiger partial charge in [0, 0.05) is 0 Å². The first-order valence-corrected chi connectivity index (χ1v) is 10.7. The Labute approximate surface area is 196 Å². The van der Waals surface area contributed by atoms with E-state index >= 15 is 0 Å². The summed E-state index contributed by atoms with van der Waals surface area (Å²) in [6.45, 7) is -0.188. The summed E-state index contributed by atoms with van der Waals surface area (Å²) >= 11 is 0. The zero-order valence-electron chi connectivity index (χ0n) is 18.7. The minimum absolute atomic E-state index is 0.0502. The molecule has 188 valence electrons. The number of carboxylic acids is 1. The summed E-state index contributed by atoms with van der Waals surface area (Å²) < 4.78 is 0. The van der Waals surface area contributed by atoms with Crippen molar-refractivity contribution in [3.63, 3.8) is 0 Å². The van der Waals surface area contributed by atoms with Crippen molar-refractivity contribution < 1.29 is 34.2 Å². The van der Waals surface area contributed by atoms with Crippen molar-refractivity contribution >= 4 is 29.6 Å². The van der Waals surface area contributed by atoms with Gasteiger partial charge in [-0.1, -0.05) is 12.1 Å². The van der Waals surface area contributed by atoms with Crippen LogP contribution in [0.25, 0.3) is 0 Å². The summed E-state index contributed by atoms with van der Waals surface area (Å²) in [5, 5.41) is 25.4. The number of aromatic hydroxyl groups is 1. The second-order valence-corrected chi connectivity index (χ2v) is 7.67. The first-order chi connectivity index (χ1) is 16.0. The monoisotopic (exact) mass is 480 g/mol. The highest BCUT2D eigenvalue weighted by atomic mass is 16.4. The van der Waals surface area contributed by atoms with Gasteiger partial charge in [-0.05, 0) is 49.9 Å². The highest BCUT2D eigenvalue weighted by Crippen LogP contribution is 2.11. The van der Waals surface area contributed by atoms with Crippen LogP contribution in [0.3, 0.4) is 0 Å². The van der Waals surface area contributed by atoms with Gasteiger partial charge in [0.15, 0.2) is 0 Å². The average molecular weight is 481 g/mol. The summed E-state index contributed by atoms with van der Waals surface area (Å²) in [7, 11) is 0. The number of phenolic OH excluding ortho intramolecular Hbond substituents is 1. The molecule has 11 N–H and O–H groups in total. The number of nitrogens with two attached hydrogens (primary N) is 3. The van der Waals surface area contributed by atoms with Crippen LogP contribution in [-0.4, -0.2) is 71.0 Å². The van der Waals surface area contributed by atoms with E-state index in [0.717, 1.165) is 0 Å². The van der Waals surface area contributed by atoms with Crippen molar-refractivity contribution in [2.45, 2.75) is 50.2 Å². The topological polar surface area (TPSA) is 240 Å². The number of unbranched alkanes of at least 4 members (excludes halogenated alkanes) is 1. The zero-order chi connectivity index (χ0) is 25.7. The van der Waals surface area contributed by atoms with Crippen LogP contribution >= 0.6 is 0 Å². The molecule has 1 aromatic carbocycles. The molecule has 0 aliphatic rings. The molecule has 0 fully saturated rings. The van der Waals surface area contributed by atoms with Gasteiger partial charge in [0.05, 0.1) is 19.0 Å². The van der Waals surface area contributed by atoms with Crippen LogP contribution in [0.1, 0.15) is 31.2 Å². The standard InChI is InChI=1S/C21H32N6O7/c22-8-2-1-3-15(21(33)34)26-18(30)11-25-20(32)16(10-17(24)29)27-19(31)14(23)9-12-4-6-13(28)7-5-12/h4-7,14-16,28H,1-3,8-11,22-23H2,(H2,24,29)(H,25,32)(H,26,30)(H,27,31)(H,33,34). The number of carbonyl (C=O) groups is 5. The second-order valence-electron chi connectivity index (χ2n) is 7.67. The minimum Gasteiger partial charge on any atom is -0.508 e. The first kappa shape index (κ1) is 28.3. The number of primary amides is 1. The molecule has 0 spiro atoms. The highest BCUT2D eigenvalue weighted by molar-refractivity contribution is 5.95. The van der Waals surface area contributed by atoms with Crippen molar-refractivity contribution in [2.75, 3.05) is 13.1 Å². The zero-order valence-corrected chi connectivity index (χ0v) is 18.7. The predicted molar refractivity (Wildman–Crippen MR) is 121 cm³/mol. The van der Waals surface area contributed by atoms with Crippen LogP contribution in [0, 0.1) is 0 Å².